The first-order chi connectivity index (χ1) is 8.41. The van der Waals surface area contributed by atoms with Crippen LogP contribution in [-0.4, -0.2) is 21.9 Å². The molecule has 0 spiro atoms. The van der Waals surface area contributed by atoms with E-state index in [0.29, 0.717) is 17.4 Å². The highest BCUT2D eigenvalue weighted by Gasteiger charge is 2.21. The Kier molecular flexibility index (Phi) is 5.47. The molecule has 2 atom stereocenters. The molecule has 1 aromatic carbocycles. The van der Waals surface area contributed by atoms with Gasteiger partial charge in [-0.3, -0.25) is 9.00 Å². The molecular formula is C13H18FNO2S. The Morgan fingerprint density at radius 2 is 2.06 bits per heavy atom. The Morgan fingerprint density at radius 1 is 1.39 bits per heavy atom. The summed E-state index contributed by atoms with van der Waals surface area (Å²) in [5.41, 5.74) is 0. The molecule has 1 rings (SSSR count). The number of carbonyl (C=O) groups is 1. The van der Waals surface area contributed by atoms with E-state index in [1.165, 1.54) is 18.2 Å². The molecule has 1 N–H and O–H groups in total. The largest absolute Gasteiger partial charge is 0.355 e. The molecule has 2 unspecified atom stereocenters. The first-order valence-corrected chi connectivity index (χ1v) is 7.07. The SMILES string of the molecule is CC(C)CNC(=O)C(C)S(=O)c1cccc(F)c1. The number of carbonyl (C=O) groups excluding carboxylic acids is 1. The van der Waals surface area contributed by atoms with Gasteiger partial charge in [-0.1, -0.05) is 19.9 Å². The quantitative estimate of drug-likeness (QED) is 0.891. The fourth-order valence-electron chi connectivity index (χ4n) is 1.34. The average molecular weight is 271 g/mol. The molecule has 1 aromatic rings. The van der Waals surface area contributed by atoms with Crippen LogP contribution in [0.5, 0.6) is 0 Å². The summed E-state index contributed by atoms with van der Waals surface area (Å²) in [6.45, 7) is 6.09. The highest BCUT2D eigenvalue weighted by Crippen LogP contribution is 2.13. The summed E-state index contributed by atoms with van der Waals surface area (Å²) in [7, 11) is -1.54. The standard InChI is InChI=1S/C13H18FNO2S/c1-9(2)8-15-13(16)10(3)18(17)12-6-4-5-11(14)7-12/h4-7,9-10H,8H2,1-3H3,(H,15,16). The second kappa shape index (κ2) is 6.64. The molecule has 5 heteroatoms. The molecule has 1 amide bonds. The number of hydrogen-bond acceptors (Lipinski definition) is 2. The minimum Gasteiger partial charge on any atom is -0.355 e. The smallest absolute Gasteiger partial charge is 0.235 e. The second-order valence-corrected chi connectivity index (χ2v) is 6.31. The predicted molar refractivity (Wildman–Crippen MR) is 70.1 cm³/mol. The molecule has 18 heavy (non-hydrogen) atoms. The predicted octanol–water partition coefficient (Wildman–Crippen LogP) is 2.09. The molecule has 0 radical (unpaired) electrons. The number of nitrogens with one attached hydrogen (secondary N) is 1. The van der Waals surface area contributed by atoms with Gasteiger partial charge >= 0.3 is 0 Å². The van der Waals surface area contributed by atoms with E-state index in [4.69, 9.17) is 0 Å². The topological polar surface area (TPSA) is 46.2 Å². The van der Waals surface area contributed by atoms with Crippen molar-refractivity contribution in [1.29, 1.82) is 0 Å². The number of amides is 1. The maximum atomic E-state index is 13.0. The van der Waals surface area contributed by atoms with Gasteiger partial charge in [0.05, 0.1) is 10.8 Å². The number of hydrogen-bond donors (Lipinski definition) is 1. The Morgan fingerprint density at radius 3 is 2.61 bits per heavy atom. The Hall–Kier alpha value is -1.23. The fraction of sp³-hybridized carbons (Fsp3) is 0.462. The van der Waals surface area contributed by atoms with Crippen molar-refractivity contribution >= 4 is 16.7 Å². The first kappa shape index (κ1) is 14.8. The number of rotatable bonds is 5. The van der Waals surface area contributed by atoms with Gasteiger partial charge in [0.2, 0.25) is 5.91 Å². The van der Waals surface area contributed by atoms with E-state index in [2.05, 4.69) is 5.32 Å². The van der Waals surface area contributed by atoms with Crippen molar-refractivity contribution in [2.75, 3.05) is 6.54 Å². The summed E-state index contributed by atoms with van der Waals surface area (Å²) >= 11 is 0. The van der Waals surface area contributed by atoms with E-state index in [-0.39, 0.29) is 5.91 Å². The molecule has 0 bridgehead atoms. The van der Waals surface area contributed by atoms with Crippen LogP contribution in [0, 0.1) is 11.7 Å². The van der Waals surface area contributed by atoms with Crippen LogP contribution in [0.1, 0.15) is 20.8 Å². The molecule has 0 aliphatic rings. The summed E-state index contributed by atoms with van der Waals surface area (Å²) < 4.78 is 25.1. The Labute approximate surface area is 109 Å². The van der Waals surface area contributed by atoms with Gasteiger partial charge in [-0.05, 0) is 31.0 Å². The van der Waals surface area contributed by atoms with Crippen molar-refractivity contribution in [1.82, 2.24) is 5.32 Å². The van der Waals surface area contributed by atoms with Crippen molar-refractivity contribution in [3.63, 3.8) is 0 Å². The van der Waals surface area contributed by atoms with Crippen LogP contribution in [0.4, 0.5) is 4.39 Å². The zero-order chi connectivity index (χ0) is 13.7. The van der Waals surface area contributed by atoms with Gasteiger partial charge in [0, 0.05) is 11.4 Å². The van der Waals surface area contributed by atoms with Crippen LogP contribution in [0.2, 0.25) is 0 Å². The summed E-state index contributed by atoms with van der Waals surface area (Å²) in [6.07, 6.45) is 0. The van der Waals surface area contributed by atoms with E-state index in [1.54, 1.807) is 13.0 Å². The zero-order valence-corrected chi connectivity index (χ0v) is 11.6. The van der Waals surface area contributed by atoms with Crippen LogP contribution >= 0.6 is 0 Å². The summed E-state index contributed by atoms with van der Waals surface area (Å²) in [5, 5.41) is 2.03. The van der Waals surface area contributed by atoms with E-state index >= 15 is 0 Å². The van der Waals surface area contributed by atoms with Crippen LogP contribution in [0.3, 0.4) is 0 Å². The highest BCUT2D eigenvalue weighted by molar-refractivity contribution is 7.86. The summed E-state index contributed by atoms with van der Waals surface area (Å²) in [6, 6.07) is 5.53. The Balaban J connectivity index is 2.69. The van der Waals surface area contributed by atoms with Gasteiger partial charge < -0.3 is 5.32 Å². The molecule has 0 aromatic heterocycles. The second-order valence-electron chi connectivity index (χ2n) is 4.54. The Bertz CT molecular complexity index is 448. The zero-order valence-electron chi connectivity index (χ0n) is 10.8. The lowest BCUT2D eigenvalue weighted by Gasteiger charge is -2.13. The lowest BCUT2D eigenvalue weighted by molar-refractivity contribution is -0.120. The molecule has 0 aliphatic carbocycles. The van der Waals surface area contributed by atoms with Gasteiger partial charge in [-0.15, -0.1) is 0 Å². The van der Waals surface area contributed by atoms with E-state index in [9.17, 15) is 13.4 Å². The van der Waals surface area contributed by atoms with Crippen LogP contribution in [0.15, 0.2) is 29.2 Å². The third kappa shape index (κ3) is 4.22. The lowest BCUT2D eigenvalue weighted by Crippen LogP contribution is -2.37. The highest BCUT2D eigenvalue weighted by atomic mass is 32.2. The summed E-state index contributed by atoms with van der Waals surface area (Å²) in [4.78, 5) is 12.1. The minimum absolute atomic E-state index is 0.272. The molecule has 0 fully saturated rings. The molecule has 0 saturated carbocycles. The summed E-state index contributed by atoms with van der Waals surface area (Å²) in [5.74, 6) is -0.384. The maximum Gasteiger partial charge on any atom is 0.235 e. The van der Waals surface area contributed by atoms with E-state index in [0.717, 1.165) is 0 Å². The molecular weight excluding hydrogens is 253 g/mol. The van der Waals surface area contributed by atoms with Crippen LogP contribution in [-0.2, 0) is 15.6 Å². The lowest BCUT2D eigenvalue weighted by atomic mass is 10.2. The van der Waals surface area contributed by atoms with Crippen molar-refractivity contribution < 1.29 is 13.4 Å². The molecule has 0 aliphatic heterocycles. The van der Waals surface area contributed by atoms with Gasteiger partial charge in [-0.25, -0.2) is 4.39 Å². The molecule has 0 heterocycles. The molecule has 3 nitrogen and oxygen atoms in total. The van der Waals surface area contributed by atoms with Crippen LogP contribution < -0.4 is 5.32 Å². The molecule has 100 valence electrons. The van der Waals surface area contributed by atoms with Gasteiger partial charge in [0.1, 0.15) is 11.1 Å². The van der Waals surface area contributed by atoms with E-state index in [1.807, 2.05) is 13.8 Å². The van der Waals surface area contributed by atoms with Crippen molar-refractivity contribution in [2.24, 2.45) is 5.92 Å². The number of halogens is 1. The van der Waals surface area contributed by atoms with Crippen molar-refractivity contribution in [2.45, 2.75) is 30.9 Å². The maximum absolute atomic E-state index is 13.0. The van der Waals surface area contributed by atoms with Crippen LogP contribution in [0.25, 0.3) is 0 Å². The van der Waals surface area contributed by atoms with E-state index < -0.39 is 21.9 Å². The first-order valence-electron chi connectivity index (χ1n) is 5.85. The van der Waals surface area contributed by atoms with Gasteiger partial charge in [0.15, 0.2) is 0 Å². The van der Waals surface area contributed by atoms with Crippen molar-refractivity contribution in [3.8, 4) is 0 Å². The average Bonchev–Trinajstić information content (AvgIpc) is 2.34. The molecule has 0 saturated heterocycles. The normalized spacial score (nSPS) is 14.3. The fourth-order valence-corrected chi connectivity index (χ4v) is 2.47. The van der Waals surface area contributed by atoms with Gasteiger partial charge in [-0.2, -0.15) is 0 Å². The van der Waals surface area contributed by atoms with Gasteiger partial charge in [0.25, 0.3) is 0 Å². The third-order valence-corrected chi connectivity index (χ3v) is 3.98. The minimum atomic E-state index is -1.54. The third-order valence-electron chi connectivity index (χ3n) is 2.40. The van der Waals surface area contributed by atoms with Crippen molar-refractivity contribution in [3.05, 3.63) is 30.1 Å². The monoisotopic (exact) mass is 271 g/mol. The number of benzene rings is 1.